The first-order valence-corrected chi connectivity index (χ1v) is 12.0. The molecule has 1 fully saturated rings. The maximum absolute atomic E-state index is 13.3. The molecule has 1 N–H and O–H groups in total. The maximum atomic E-state index is 13.3. The first-order chi connectivity index (χ1) is 17.2. The van der Waals surface area contributed by atoms with E-state index in [2.05, 4.69) is 13.8 Å². The van der Waals surface area contributed by atoms with Crippen molar-refractivity contribution in [1.82, 2.24) is 4.90 Å². The van der Waals surface area contributed by atoms with Crippen LogP contribution in [0.1, 0.15) is 48.1 Å². The monoisotopic (exact) mass is 505 g/mol. The van der Waals surface area contributed by atoms with Crippen LogP contribution in [0.2, 0.25) is 5.02 Å². The molecule has 0 aromatic heterocycles. The van der Waals surface area contributed by atoms with Gasteiger partial charge in [-0.25, -0.2) is 0 Å². The minimum atomic E-state index is -0.796. The van der Waals surface area contributed by atoms with Crippen LogP contribution < -0.4 is 9.47 Å². The number of ether oxygens (including phenoxy) is 2. The molecule has 0 spiro atoms. The molecule has 0 saturated carbocycles. The van der Waals surface area contributed by atoms with Gasteiger partial charge in [0.1, 0.15) is 17.3 Å². The molecule has 36 heavy (non-hydrogen) atoms. The minimum Gasteiger partial charge on any atom is -0.507 e. The van der Waals surface area contributed by atoms with Gasteiger partial charge >= 0.3 is 0 Å². The Balaban J connectivity index is 1.86. The molecule has 1 atom stereocenters. The van der Waals surface area contributed by atoms with Gasteiger partial charge in [-0.2, -0.15) is 0 Å². The summed E-state index contributed by atoms with van der Waals surface area (Å²) in [5.41, 5.74) is 2.87. The molecule has 1 heterocycles. The molecule has 1 unspecified atom stereocenters. The third-order valence-corrected chi connectivity index (χ3v) is 6.73. The second-order valence-corrected chi connectivity index (χ2v) is 9.35. The molecule has 4 rings (SSSR count). The molecule has 0 bridgehead atoms. The summed E-state index contributed by atoms with van der Waals surface area (Å²) < 4.78 is 10.5. The Morgan fingerprint density at radius 2 is 1.56 bits per heavy atom. The van der Waals surface area contributed by atoms with E-state index in [-0.39, 0.29) is 28.5 Å². The van der Waals surface area contributed by atoms with Crippen LogP contribution >= 0.6 is 11.6 Å². The van der Waals surface area contributed by atoms with Crippen LogP contribution in [0.4, 0.5) is 0 Å². The Bertz CT molecular complexity index is 1310. The number of carbonyl (C=O) groups is 2. The molecule has 1 amide bonds. The molecule has 0 radical (unpaired) electrons. The summed E-state index contributed by atoms with van der Waals surface area (Å²) in [6.07, 6.45) is 0. The van der Waals surface area contributed by atoms with Crippen LogP contribution in [-0.4, -0.2) is 35.9 Å². The van der Waals surface area contributed by atoms with Crippen molar-refractivity contribution < 1.29 is 24.2 Å². The number of nitrogens with zero attached hydrogens (tertiary/aromatic N) is 1. The second-order valence-electron chi connectivity index (χ2n) is 8.94. The predicted octanol–water partition coefficient (Wildman–Crippen LogP) is 6.10. The lowest BCUT2D eigenvalue weighted by Gasteiger charge is -2.26. The summed E-state index contributed by atoms with van der Waals surface area (Å²) >= 11 is 6.38. The number of carbonyl (C=O) groups excluding carboxylic acids is 2. The third-order valence-electron chi connectivity index (χ3n) is 6.40. The normalized spacial score (nSPS) is 17.1. The van der Waals surface area contributed by atoms with Crippen LogP contribution in [-0.2, 0) is 16.1 Å². The van der Waals surface area contributed by atoms with E-state index >= 15 is 0 Å². The summed E-state index contributed by atoms with van der Waals surface area (Å²) in [6.45, 7) is 4.36. The molecule has 0 aliphatic carbocycles. The van der Waals surface area contributed by atoms with Gasteiger partial charge in [-0.05, 0) is 52.9 Å². The lowest BCUT2D eigenvalue weighted by Crippen LogP contribution is -2.29. The number of aliphatic hydroxyl groups excluding tert-OH is 1. The molecule has 3 aromatic rings. The van der Waals surface area contributed by atoms with Gasteiger partial charge < -0.3 is 19.5 Å². The van der Waals surface area contributed by atoms with Crippen LogP contribution in [0, 0.1) is 0 Å². The first kappa shape index (κ1) is 25.3. The van der Waals surface area contributed by atoms with E-state index in [9.17, 15) is 14.7 Å². The molecule has 3 aromatic carbocycles. The highest BCUT2D eigenvalue weighted by Gasteiger charge is 2.46. The van der Waals surface area contributed by atoms with E-state index < -0.39 is 17.7 Å². The van der Waals surface area contributed by atoms with Crippen LogP contribution in [0.3, 0.4) is 0 Å². The summed E-state index contributed by atoms with van der Waals surface area (Å²) in [5.74, 6) is -0.324. The van der Waals surface area contributed by atoms with Gasteiger partial charge in [-0.3, -0.25) is 9.59 Å². The molecule has 1 saturated heterocycles. The van der Waals surface area contributed by atoms with Gasteiger partial charge in [0.15, 0.2) is 0 Å². The quantitative estimate of drug-likeness (QED) is 0.238. The molecule has 7 heteroatoms. The van der Waals surface area contributed by atoms with Crippen LogP contribution in [0.25, 0.3) is 5.76 Å². The Morgan fingerprint density at radius 1 is 0.944 bits per heavy atom. The van der Waals surface area contributed by atoms with Crippen molar-refractivity contribution in [3.8, 4) is 11.5 Å². The van der Waals surface area contributed by atoms with Gasteiger partial charge in [0.05, 0.1) is 30.9 Å². The van der Waals surface area contributed by atoms with Crippen molar-refractivity contribution in [3.63, 3.8) is 0 Å². The van der Waals surface area contributed by atoms with E-state index in [0.717, 1.165) is 11.1 Å². The molecule has 6 nitrogen and oxygen atoms in total. The molecular formula is C29H28ClNO5. The smallest absolute Gasteiger partial charge is 0.295 e. The maximum Gasteiger partial charge on any atom is 0.295 e. The number of Topliss-reactive ketones (excluding diaryl/α,β-unsaturated/α-hetero) is 1. The van der Waals surface area contributed by atoms with Gasteiger partial charge in [0.25, 0.3) is 11.7 Å². The number of benzene rings is 3. The fourth-order valence-electron chi connectivity index (χ4n) is 4.34. The topological polar surface area (TPSA) is 76.1 Å². The zero-order valence-electron chi connectivity index (χ0n) is 20.6. The summed E-state index contributed by atoms with van der Waals surface area (Å²) in [6, 6.07) is 19.0. The molecule has 186 valence electrons. The standard InChI is InChI=1S/C29H28ClNO5/c1-17(2)19-7-9-20(10-8-19)26-25(27(32)23-15-22(36-4)13-14-24(23)30)28(33)29(34)31(26)16-18-5-11-21(35-3)12-6-18/h5-15,17,26,32H,16H2,1-4H3/b27-25+. The average molecular weight is 506 g/mol. The van der Waals surface area contributed by atoms with Crippen molar-refractivity contribution in [2.24, 2.45) is 0 Å². The number of methoxy groups -OCH3 is 2. The average Bonchev–Trinajstić information content (AvgIpc) is 3.14. The van der Waals surface area contributed by atoms with Crippen molar-refractivity contribution in [2.45, 2.75) is 32.4 Å². The zero-order valence-corrected chi connectivity index (χ0v) is 21.4. The number of ketones is 1. The SMILES string of the molecule is COc1ccc(CN2C(=O)C(=O)/C(=C(/O)c3cc(OC)ccc3Cl)C2c2ccc(C(C)C)cc2)cc1. The van der Waals surface area contributed by atoms with Crippen molar-refractivity contribution in [3.05, 3.63) is 99.6 Å². The van der Waals surface area contributed by atoms with E-state index in [1.807, 2.05) is 36.4 Å². The van der Waals surface area contributed by atoms with Gasteiger partial charge in [-0.1, -0.05) is 61.8 Å². The number of aliphatic hydroxyl groups is 1. The zero-order chi connectivity index (χ0) is 26.0. The van der Waals surface area contributed by atoms with E-state index in [1.165, 1.54) is 12.0 Å². The van der Waals surface area contributed by atoms with E-state index in [4.69, 9.17) is 21.1 Å². The number of hydrogen-bond donors (Lipinski definition) is 1. The first-order valence-electron chi connectivity index (χ1n) is 11.6. The van der Waals surface area contributed by atoms with Crippen LogP contribution in [0.5, 0.6) is 11.5 Å². The molecule has 1 aliphatic heterocycles. The predicted molar refractivity (Wildman–Crippen MR) is 139 cm³/mol. The Hall–Kier alpha value is -3.77. The number of rotatable bonds is 7. The Kier molecular flexibility index (Phi) is 7.36. The van der Waals surface area contributed by atoms with Crippen LogP contribution in [0.15, 0.2) is 72.3 Å². The fourth-order valence-corrected chi connectivity index (χ4v) is 4.55. The highest BCUT2D eigenvalue weighted by atomic mass is 35.5. The molecule has 1 aliphatic rings. The second kappa shape index (κ2) is 10.5. The van der Waals surface area contributed by atoms with Gasteiger partial charge in [-0.15, -0.1) is 0 Å². The molecular weight excluding hydrogens is 478 g/mol. The summed E-state index contributed by atoms with van der Waals surface area (Å²) in [5, 5.41) is 11.6. The van der Waals surface area contributed by atoms with Crippen molar-refractivity contribution in [2.75, 3.05) is 14.2 Å². The van der Waals surface area contributed by atoms with Gasteiger partial charge in [0.2, 0.25) is 0 Å². The van der Waals surface area contributed by atoms with Crippen molar-refractivity contribution >= 4 is 29.1 Å². The minimum absolute atomic E-state index is 0.0130. The van der Waals surface area contributed by atoms with E-state index in [1.54, 1.807) is 37.4 Å². The lowest BCUT2D eigenvalue weighted by molar-refractivity contribution is -0.140. The van der Waals surface area contributed by atoms with E-state index in [0.29, 0.717) is 23.0 Å². The Labute approximate surface area is 215 Å². The fraction of sp³-hybridized carbons (Fsp3) is 0.241. The number of halogens is 1. The lowest BCUT2D eigenvalue weighted by atomic mass is 9.93. The Morgan fingerprint density at radius 3 is 2.14 bits per heavy atom. The largest absolute Gasteiger partial charge is 0.507 e. The third kappa shape index (κ3) is 4.82. The number of amides is 1. The summed E-state index contributed by atoms with van der Waals surface area (Å²) in [4.78, 5) is 28.1. The highest BCUT2D eigenvalue weighted by Crippen LogP contribution is 2.42. The van der Waals surface area contributed by atoms with Gasteiger partial charge in [0, 0.05) is 12.1 Å². The number of hydrogen-bond acceptors (Lipinski definition) is 5. The van der Waals surface area contributed by atoms with Crippen molar-refractivity contribution in [1.29, 1.82) is 0 Å². The highest BCUT2D eigenvalue weighted by molar-refractivity contribution is 6.47. The summed E-state index contributed by atoms with van der Waals surface area (Å²) in [7, 11) is 3.08. The number of likely N-dealkylation sites (tertiary alicyclic amines) is 1.